The first kappa shape index (κ1) is 11.1. The third kappa shape index (κ3) is 2.79. The summed E-state index contributed by atoms with van der Waals surface area (Å²) in [5, 5.41) is 3.91. The molecule has 0 aliphatic carbocycles. The molecule has 82 valence electrons. The van der Waals surface area contributed by atoms with E-state index in [0.29, 0.717) is 5.95 Å². The van der Waals surface area contributed by atoms with Crippen LogP contribution in [0.25, 0.3) is 0 Å². The van der Waals surface area contributed by atoms with Gasteiger partial charge in [-0.1, -0.05) is 34.1 Å². The minimum Gasteiger partial charge on any atom is -0.324 e. The topological polar surface area (TPSA) is 37.8 Å². The first-order valence-electron chi connectivity index (χ1n) is 5.00. The Bertz CT molecular complexity index is 471. The standard InChI is InChI=1S/C12H12BrN3/c1-9-7-11(8-13)16-12(14-9)15-10-5-3-2-4-6-10/h2-7H,8H2,1H3,(H,14,15,16). The number of nitrogens with one attached hydrogen (secondary N) is 1. The summed E-state index contributed by atoms with van der Waals surface area (Å²) in [7, 11) is 0. The van der Waals surface area contributed by atoms with Crippen LogP contribution in [-0.2, 0) is 5.33 Å². The second-order valence-electron chi connectivity index (χ2n) is 3.45. The molecule has 1 aromatic carbocycles. The van der Waals surface area contributed by atoms with Crippen molar-refractivity contribution in [1.82, 2.24) is 9.97 Å². The molecule has 16 heavy (non-hydrogen) atoms. The zero-order valence-electron chi connectivity index (χ0n) is 8.94. The minimum atomic E-state index is 0.639. The van der Waals surface area contributed by atoms with E-state index in [2.05, 4.69) is 31.2 Å². The third-order valence-corrected chi connectivity index (χ3v) is 2.65. The maximum absolute atomic E-state index is 4.38. The highest BCUT2D eigenvalue weighted by Crippen LogP contribution is 2.14. The highest BCUT2D eigenvalue weighted by molar-refractivity contribution is 9.08. The normalized spacial score (nSPS) is 10.1. The Morgan fingerprint density at radius 3 is 2.62 bits per heavy atom. The highest BCUT2D eigenvalue weighted by atomic mass is 79.9. The average molecular weight is 278 g/mol. The van der Waals surface area contributed by atoms with Crippen molar-refractivity contribution in [2.24, 2.45) is 0 Å². The van der Waals surface area contributed by atoms with Gasteiger partial charge in [-0.2, -0.15) is 0 Å². The molecule has 4 heteroatoms. The van der Waals surface area contributed by atoms with Gasteiger partial charge in [-0.15, -0.1) is 0 Å². The molecule has 2 rings (SSSR count). The van der Waals surface area contributed by atoms with Crippen LogP contribution in [0, 0.1) is 6.92 Å². The Hall–Kier alpha value is -1.42. The van der Waals surface area contributed by atoms with Gasteiger partial charge in [-0.05, 0) is 25.1 Å². The molecule has 0 atom stereocenters. The smallest absolute Gasteiger partial charge is 0.227 e. The molecule has 0 fully saturated rings. The number of aryl methyl sites for hydroxylation is 1. The lowest BCUT2D eigenvalue weighted by molar-refractivity contribution is 1.05. The minimum absolute atomic E-state index is 0.639. The van der Waals surface area contributed by atoms with E-state index in [9.17, 15) is 0 Å². The number of halogens is 1. The van der Waals surface area contributed by atoms with Gasteiger partial charge in [0.1, 0.15) is 0 Å². The molecule has 0 amide bonds. The van der Waals surface area contributed by atoms with Crippen molar-refractivity contribution in [2.45, 2.75) is 12.3 Å². The highest BCUT2D eigenvalue weighted by Gasteiger charge is 2.01. The van der Waals surface area contributed by atoms with Gasteiger partial charge in [0.15, 0.2) is 0 Å². The van der Waals surface area contributed by atoms with E-state index < -0.39 is 0 Å². The van der Waals surface area contributed by atoms with Gasteiger partial charge in [-0.3, -0.25) is 0 Å². The number of hydrogen-bond donors (Lipinski definition) is 1. The zero-order chi connectivity index (χ0) is 11.4. The number of anilines is 2. The van der Waals surface area contributed by atoms with Crippen LogP contribution in [0.15, 0.2) is 36.4 Å². The molecule has 0 unspecified atom stereocenters. The molecule has 0 spiro atoms. The van der Waals surface area contributed by atoms with E-state index in [-0.39, 0.29) is 0 Å². The molecule has 2 aromatic rings. The third-order valence-electron chi connectivity index (χ3n) is 2.07. The van der Waals surface area contributed by atoms with Crippen LogP contribution in [0.3, 0.4) is 0 Å². The van der Waals surface area contributed by atoms with Crippen molar-refractivity contribution in [1.29, 1.82) is 0 Å². The second-order valence-corrected chi connectivity index (χ2v) is 4.01. The lowest BCUT2D eigenvalue weighted by atomic mass is 10.3. The maximum Gasteiger partial charge on any atom is 0.227 e. The molecule has 0 saturated carbocycles. The van der Waals surface area contributed by atoms with Crippen molar-refractivity contribution >= 4 is 27.6 Å². The van der Waals surface area contributed by atoms with E-state index in [1.807, 2.05) is 43.3 Å². The van der Waals surface area contributed by atoms with Crippen molar-refractivity contribution in [3.63, 3.8) is 0 Å². The quantitative estimate of drug-likeness (QED) is 0.874. The van der Waals surface area contributed by atoms with E-state index >= 15 is 0 Å². The van der Waals surface area contributed by atoms with Crippen LogP contribution in [-0.4, -0.2) is 9.97 Å². The van der Waals surface area contributed by atoms with E-state index in [1.165, 1.54) is 0 Å². The van der Waals surface area contributed by atoms with E-state index in [1.54, 1.807) is 0 Å². The van der Waals surface area contributed by atoms with Gasteiger partial charge in [0.05, 0.1) is 5.69 Å². The van der Waals surface area contributed by atoms with Crippen LogP contribution in [0.5, 0.6) is 0 Å². The van der Waals surface area contributed by atoms with Crippen LogP contribution >= 0.6 is 15.9 Å². The van der Waals surface area contributed by atoms with Crippen LogP contribution < -0.4 is 5.32 Å². The summed E-state index contributed by atoms with van der Waals surface area (Å²) in [5.41, 5.74) is 2.93. The number of nitrogens with zero attached hydrogens (tertiary/aromatic N) is 2. The fourth-order valence-corrected chi connectivity index (χ4v) is 1.70. The SMILES string of the molecule is Cc1cc(CBr)nc(Nc2ccccc2)n1. The molecule has 1 aromatic heterocycles. The monoisotopic (exact) mass is 277 g/mol. The van der Waals surface area contributed by atoms with Crippen molar-refractivity contribution in [3.8, 4) is 0 Å². The lowest BCUT2D eigenvalue weighted by Gasteiger charge is -2.06. The van der Waals surface area contributed by atoms with Gasteiger partial charge in [-0.25, -0.2) is 9.97 Å². The number of hydrogen-bond acceptors (Lipinski definition) is 3. The summed E-state index contributed by atoms with van der Waals surface area (Å²) < 4.78 is 0. The number of alkyl halides is 1. The van der Waals surface area contributed by atoms with Crippen LogP contribution in [0.1, 0.15) is 11.4 Å². The summed E-state index contributed by atoms with van der Waals surface area (Å²) in [5.74, 6) is 0.639. The molecule has 0 saturated heterocycles. The van der Waals surface area contributed by atoms with Crippen molar-refractivity contribution in [2.75, 3.05) is 5.32 Å². The Morgan fingerprint density at radius 2 is 1.94 bits per heavy atom. The van der Waals surface area contributed by atoms with Crippen molar-refractivity contribution < 1.29 is 0 Å². The number of para-hydroxylation sites is 1. The number of aromatic nitrogens is 2. The molecule has 0 aliphatic rings. The second kappa shape index (κ2) is 5.07. The number of benzene rings is 1. The fraction of sp³-hybridized carbons (Fsp3) is 0.167. The Kier molecular flexibility index (Phi) is 3.51. The Balaban J connectivity index is 2.24. The Labute approximate surface area is 103 Å². The summed E-state index contributed by atoms with van der Waals surface area (Å²) in [4.78, 5) is 8.71. The molecule has 0 bridgehead atoms. The van der Waals surface area contributed by atoms with Gasteiger partial charge < -0.3 is 5.32 Å². The summed E-state index contributed by atoms with van der Waals surface area (Å²) in [6.07, 6.45) is 0. The largest absolute Gasteiger partial charge is 0.324 e. The van der Waals surface area contributed by atoms with Crippen LogP contribution in [0.2, 0.25) is 0 Å². The molecule has 0 radical (unpaired) electrons. The molecular weight excluding hydrogens is 266 g/mol. The lowest BCUT2D eigenvalue weighted by Crippen LogP contribution is -2.00. The van der Waals surface area contributed by atoms with E-state index in [4.69, 9.17) is 0 Å². The molecule has 0 aliphatic heterocycles. The maximum atomic E-state index is 4.38. The van der Waals surface area contributed by atoms with Gasteiger partial charge in [0, 0.05) is 16.7 Å². The summed E-state index contributed by atoms with van der Waals surface area (Å²) >= 11 is 3.39. The first-order valence-corrected chi connectivity index (χ1v) is 6.12. The summed E-state index contributed by atoms with van der Waals surface area (Å²) in [6.45, 7) is 1.96. The molecular formula is C12H12BrN3. The van der Waals surface area contributed by atoms with Gasteiger partial charge in [0.2, 0.25) is 5.95 Å². The zero-order valence-corrected chi connectivity index (χ0v) is 10.5. The van der Waals surface area contributed by atoms with E-state index in [0.717, 1.165) is 22.4 Å². The molecule has 1 heterocycles. The summed E-state index contributed by atoms with van der Waals surface area (Å²) in [6, 6.07) is 11.9. The number of rotatable bonds is 3. The average Bonchev–Trinajstić information content (AvgIpc) is 2.29. The van der Waals surface area contributed by atoms with Crippen molar-refractivity contribution in [3.05, 3.63) is 47.8 Å². The van der Waals surface area contributed by atoms with Gasteiger partial charge >= 0.3 is 0 Å². The van der Waals surface area contributed by atoms with Gasteiger partial charge in [0.25, 0.3) is 0 Å². The predicted molar refractivity (Wildman–Crippen MR) is 69.1 cm³/mol. The molecule has 1 N–H and O–H groups in total. The predicted octanol–water partition coefficient (Wildman–Crippen LogP) is 3.42. The Morgan fingerprint density at radius 1 is 1.19 bits per heavy atom. The fourth-order valence-electron chi connectivity index (χ4n) is 1.41. The molecule has 3 nitrogen and oxygen atoms in total. The first-order chi connectivity index (χ1) is 7.78. The van der Waals surface area contributed by atoms with Crippen LogP contribution in [0.4, 0.5) is 11.6 Å².